The minimum atomic E-state index is -4.92. The van der Waals surface area contributed by atoms with E-state index in [-0.39, 0.29) is 0 Å². The van der Waals surface area contributed by atoms with Crippen molar-refractivity contribution in [1.29, 1.82) is 0 Å². The van der Waals surface area contributed by atoms with Gasteiger partial charge in [0.2, 0.25) is 0 Å². The Kier molecular flexibility index (Phi) is 0.879. The molecule has 2 N–H and O–H groups in total. The van der Waals surface area contributed by atoms with Crippen molar-refractivity contribution >= 4 is 10.5 Å². The first-order valence-corrected chi connectivity index (χ1v) is 2.06. The third-order valence-electron chi connectivity index (χ3n) is 0. The molecule has 1 unspecified atom stereocenters. The average Bonchev–Trinajstić information content (AvgIpc) is 0.722. The first-order valence-electron chi connectivity index (χ1n) is 0.686. The van der Waals surface area contributed by atoms with Crippen LogP contribution in [0.2, 0.25) is 0 Å². The summed E-state index contributed by atoms with van der Waals surface area (Å²) in [7, 11) is -4.92. The molecule has 0 saturated heterocycles. The molecule has 0 radical (unpaired) electrons. The van der Waals surface area contributed by atoms with E-state index in [0.29, 0.717) is 0 Å². The normalized spacial score (nSPS) is 21.2. The van der Waals surface area contributed by atoms with E-state index < -0.39 is 10.5 Å². The highest BCUT2D eigenvalue weighted by Crippen LogP contribution is 1.74. The Morgan fingerprint density at radius 3 is 2.00 bits per heavy atom. The third-order valence-corrected chi connectivity index (χ3v) is 0. The summed E-state index contributed by atoms with van der Waals surface area (Å²) in [4.78, 5) is 0. The highest BCUT2D eigenvalue weighted by atomic mass is 32.3. The lowest BCUT2D eigenvalue weighted by Crippen LogP contribution is -1.79. The van der Waals surface area contributed by atoms with Gasteiger partial charge in [-0.3, -0.25) is 0 Å². The molecule has 0 amide bonds. The molecule has 0 rings (SSSR count). The van der Waals surface area contributed by atoms with Crippen molar-refractivity contribution in [2.24, 2.45) is 0 Å². The molecule has 0 aliphatic heterocycles. The summed E-state index contributed by atoms with van der Waals surface area (Å²) in [5.41, 5.74) is 0. The van der Waals surface area contributed by atoms with Crippen molar-refractivity contribution < 1.29 is 16.9 Å². The van der Waals surface area contributed by atoms with Crippen LogP contribution in [0.4, 0.5) is 3.89 Å². The summed E-state index contributed by atoms with van der Waals surface area (Å²) < 4.78 is 32.8. The predicted octanol–water partition coefficient (Wildman–Crippen LogP) is -0.0842. The molecule has 0 aromatic carbocycles. The van der Waals surface area contributed by atoms with Crippen molar-refractivity contribution in [3.8, 4) is 0 Å². The Hall–Kier alpha value is -0.160. The van der Waals surface area contributed by atoms with Crippen molar-refractivity contribution in [1.82, 2.24) is 0 Å². The van der Waals surface area contributed by atoms with Gasteiger partial charge in [-0.15, -0.1) is 4.21 Å². The molecule has 1 atom stereocenters. The molecular weight excluding hydrogens is 99.1 g/mol. The molecule has 0 spiro atoms. The second kappa shape index (κ2) is 0.908. The van der Waals surface area contributed by atoms with E-state index in [9.17, 15) is 3.89 Å². The van der Waals surface area contributed by atoms with Gasteiger partial charge in [-0.05, 0) is 3.89 Å². The Labute approximate surface area is 28.5 Å². The van der Waals surface area contributed by atoms with Gasteiger partial charge in [0.25, 0.3) is 0 Å². The van der Waals surface area contributed by atoms with E-state index in [4.69, 9.17) is 13.0 Å². The topological polar surface area (TPSA) is 58.7 Å². The van der Waals surface area contributed by atoms with Gasteiger partial charge in [0.1, 0.15) is 0 Å². The molecule has 0 aliphatic carbocycles. The fraction of sp³-hybridized carbons (Fsp3) is 0. The zero-order valence-electron chi connectivity index (χ0n) is 2.09. The van der Waals surface area contributed by atoms with E-state index in [1.54, 1.807) is 0 Å². The van der Waals surface area contributed by atoms with Gasteiger partial charge < -0.3 is 0 Å². The van der Waals surface area contributed by atoms with Crippen LogP contribution in [0.15, 0.2) is 0 Å². The summed E-state index contributed by atoms with van der Waals surface area (Å²) in [6.45, 7) is 0. The SMILES string of the molecule is O=S(O)(=[OH+])F. The molecule has 0 bridgehead atoms. The predicted molar refractivity (Wildman–Crippen MR) is 13.8 cm³/mol. The summed E-state index contributed by atoms with van der Waals surface area (Å²) in [6, 6.07) is 0. The highest BCUT2D eigenvalue weighted by molar-refractivity contribution is 7.80. The molecule has 0 heterocycles. The van der Waals surface area contributed by atoms with Gasteiger partial charge in [0.05, 0.1) is 0 Å². The van der Waals surface area contributed by atoms with Crippen molar-refractivity contribution in [2.45, 2.75) is 0 Å². The standard InChI is InChI=1S/FHO3S/c1-5(2,3)4/h(H,2,3,4)/p+1. The summed E-state index contributed by atoms with van der Waals surface area (Å²) in [5, 5.41) is 0. The lowest BCUT2D eigenvalue weighted by Gasteiger charge is -1.54. The second-order valence-electron chi connectivity index (χ2n) is 0.432. The first kappa shape index (κ1) is 4.84. The lowest BCUT2D eigenvalue weighted by atomic mass is 15.9. The minimum absolute atomic E-state index is 4.92. The summed E-state index contributed by atoms with van der Waals surface area (Å²) in [6.07, 6.45) is 0. The molecule has 5 heteroatoms. The Bertz CT molecular complexity index is 90.1. The molecule has 3 nitrogen and oxygen atoms in total. The monoisotopic (exact) mass is 101 g/mol. The van der Waals surface area contributed by atoms with Crippen LogP contribution in [0.25, 0.3) is 0 Å². The fourth-order valence-corrected chi connectivity index (χ4v) is 0. The molecule has 0 fully saturated rings. The van der Waals surface area contributed by atoms with E-state index in [2.05, 4.69) is 0 Å². The van der Waals surface area contributed by atoms with Crippen LogP contribution >= 0.6 is 0 Å². The van der Waals surface area contributed by atoms with Crippen molar-refractivity contribution in [2.75, 3.05) is 0 Å². The highest BCUT2D eigenvalue weighted by Gasteiger charge is 2.01. The zero-order chi connectivity index (χ0) is 4.50. The molecule has 0 saturated carbocycles. The maximum atomic E-state index is 10.3. The summed E-state index contributed by atoms with van der Waals surface area (Å²) in [5.74, 6) is 0. The quantitative estimate of drug-likeness (QED) is 0.263. The molecule has 0 aliphatic rings. The summed E-state index contributed by atoms with van der Waals surface area (Å²) >= 11 is 0. The van der Waals surface area contributed by atoms with Gasteiger partial charge >= 0.3 is 10.5 Å². The zero-order valence-corrected chi connectivity index (χ0v) is 2.91. The van der Waals surface area contributed by atoms with Crippen molar-refractivity contribution in [3.05, 3.63) is 0 Å². The largest absolute Gasteiger partial charge is 0.599 e. The fourth-order valence-electron chi connectivity index (χ4n) is 0. The molecular formula is H2FO3S+. The molecule has 0 aromatic rings. The van der Waals surface area contributed by atoms with E-state index in [1.807, 2.05) is 0 Å². The maximum absolute atomic E-state index is 10.3. The van der Waals surface area contributed by atoms with Crippen LogP contribution in [0, 0.1) is 0 Å². The molecule has 5 heavy (non-hydrogen) atoms. The van der Waals surface area contributed by atoms with Crippen LogP contribution < -0.4 is 0 Å². The van der Waals surface area contributed by atoms with Crippen LogP contribution in [-0.2, 0) is 10.5 Å². The maximum Gasteiger partial charge on any atom is 0.599 e. The Balaban J connectivity index is 4.06. The first-order chi connectivity index (χ1) is 2.00. The molecule has 32 valence electrons. The number of halogens is 1. The van der Waals surface area contributed by atoms with Gasteiger partial charge in [-0.2, -0.15) is 4.21 Å². The van der Waals surface area contributed by atoms with Crippen molar-refractivity contribution in [3.63, 3.8) is 0 Å². The van der Waals surface area contributed by atoms with Gasteiger partial charge in [0, 0.05) is 0 Å². The van der Waals surface area contributed by atoms with Crippen LogP contribution in [0.5, 0.6) is 0 Å². The second-order valence-corrected chi connectivity index (χ2v) is 1.30. The number of rotatable bonds is 0. The Morgan fingerprint density at radius 1 is 2.00 bits per heavy atom. The van der Waals surface area contributed by atoms with Gasteiger partial charge in [0.15, 0.2) is 0 Å². The van der Waals surface area contributed by atoms with Gasteiger partial charge in [-0.25, -0.2) is 4.55 Å². The van der Waals surface area contributed by atoms with Crippen LogP contribution in [0.3, 0.4) is 0 Å². The molecule has 0 aromatic heterocycles. The third kappa shape index (κ3) is 508. The average molecular weight is 101 g/mol. The number of hydrogen-bond acceptors (Lipinski definition) is 1. The lowest BCUT2D eigenvalue weighted by molar-refractivity contribution is 0.445. The Morgan fingerprint density at radius 2 is 2.00 bits per heavy atom. The van der Waals surface area contributed by atoms with Crippen LogP contribution in [0.1, 0.15) is 0 Å². The minimum Gasteiger partial charge on any atom is -0.217 e. The number of hydrogen-bond donors (Lipinski definition) is 1. The smallest absolute Gasteiger partial charge is 0.217 e. The van der Waals surface area contributed by atoms with E-state index in [0.717, 1.165) is 0 Å². The van der Waals surface area contributed by atoms with Gasteiger partial charge in [-0.1, -0.05) is 0 Å². The van der Waals surface area contributed by atoms with Crippen LogP contribution in [-0.4, -0.2) is 13.0 Å². The van der Waals surface area contributed by atoms with E-state index >= 15 is 0 Å². The van der Waals surface area contributed by atoms with E-state index in [1.165, 1.54) is 0 Å².